The van der Waals surface area contributed by atoms with Gasteiger partial charge >= 0.3 is 0 Å². The predicted molar refractivity (Wildman–Crippen MR) is 95.5 cm³/mol. The topological polar surface area (TPSA) is 81.0 Å². The van der Waals surface area contributed by atoms with E-state index in [1.54, 1.807) is 42.3 Å². The molecule has 1 saturated heterocycles. The van der Waals surface area contributed by atoms with Crippen molar-refractivity contribution < 1.29 is 17.2 Å². The summed E-state index contributed by atoms with van der Waals surface area (Å²) in [7, 11) is -1.22. The quantitative estimate of drug-likeness (QED) is 0.735. The summed E-state index contributed by atoms with van der Waals surface area (Å²) in [5.74, 6) is -2.10. The fourth-order valence-corrected chi connectivity index (χ4v) is 5.83. The average molecular weight is 397 g/mol. The van der Waals surface area contributed by atoms with Crippen LogP contribution in [0.1, 0.15) is 18.4 Å². The molecule has 1 aliphatic heterocycles. The van der Waals surface area contributed by atoms with Crippen molar-refractivity contribution in [1.29, 1.82) is 0 Å². The first-order valence-corrected chi connectivity index (χ1v) is 10.7. The molecule has 4 rings (SSSR count). The van der Waals surface area contributed by atoms with Gasteiger partial charge in [-0.25, -0.2) is 21.9 Å². The molecule has 2 fully saturated rings. The van der Waals surface area contributed by atoms with E-state index < -0.39 is 21.2 Å². The minimum Gasteiger partial charge on any atom is -0.342 e. The van der Waals surface area contributed by atoms with Gasteiger partial charge in [0.1, 0.15) is 0 Å². The van der Waals surface area contributed by atoms with Gasteiger partial charge in [-0.05, 0) is 28.3 Å². The second-order valence-electron chi connectivity index (χ2n) is 7.62. The molecule has 1 saturated carbocycles. The Kier molecular flexibility index (Phi) is 4.21. The molecular weight excluding hydrogens is 376 g/mol. The zero-order valence-corrected chi connectivity index (χ0v) is 15.7. The molecule has 2 atom stereocenters. The number of anilines is 1. The number of benzene rings is 1. The third-order valence-corrected chi connectivity index (χ3v) is 7.40. The Morgan fingerprint density at radius 1 is 1.30 bits per heavy atom. The highest BCUT2D eigenvalue weighted by atomic mass is 32.2. The minimum atomic E-state index is -2.97. The van der Waals surface area contributed by atoms with Crippen LogP contribution in [0.25, 0.3) is 0 Å². The monoisotopic (exact) mass is 397 g/mol. The van der Waals surface area contributed by atoms with E-state index in [4.69, 9.17) is 0 Å². The molecular formula is C17H21F2N5O2S. The number of aromatic nitrogens is 4. The van der Waals surface area contributed by atoms with Gasteiger partial charge in [0.25, 0.3) is 5.92 Å². The van der Waals surface area contributed by atoms with E-state index in [9.17, 15) is 17.2 Å². The van der Waals surface area contributed by atoms with Crippen LogP contribution in [-0.2, 0) is 21.8 Å². The van der Waals surface area contributed by atoms with Gasteiger partial charge in [-0.1, -0.05) is 35.4 Å². The van der Waals surface area contributed by atoms with Crippen LogP contribution in [0.3, 0.4) is 0 Å². The molecule has 0 spiro atoms. The van der Waals surface area contributed by atoms with Crippen molar-refractivity contribution in [2.75, 3.05) is 30.0 Å². The molecule has 1 aromatic carbocycles. The van der Waals surface area contributed by atoms with Gasteiger partial charge in [0, 0.05) is 20.0 Å². The third-order valence-electron chi connectivity index (χ3n) is 5.56. The minimum absolute atomic E-state index is 0.00407. The van der Waals surface area contributed by atoms with Crippen molar-refractivity contribution >= 4 is 15.8 Å². The summed E-state index contributed by atoms with van der Waals surface area (Å²) in [5.41, 5.74) is -0.739. The van der Waals surface area contributed by atoms with Gasteiger partial charge in [-0.3, -0.25) is 0 Å². The first-order valence-electron chi connectivity index (χ1n) is 8.84. The molecule has 1 aromatic heterocycles. The molecule has 146 valence electrons. The van der Waals surface area contributed by atoms with Crippen LogP contribution in [0.15, 0.2) is 30.3 Å². The Hall–Kier alpha value is -2.10. The highest BCUT2D eigenvalue weighted by Gasteiger charge is 2.72. The van der Waals surface area contributed by atoms with Gasteiger partial charge in [-0.2, -0.15) is 0 Å². The highest BCUT2D eigenvalue weighted by Crippen LogP contribution is 2.62. The van der Waals surface area contributed by atoms with Crippen LogP contribution in [0, 0.1) is 5.92 Å². The smallest absolute Gasteiger partial charge is 0.260 e. The highest BCUT2D eigenvalue weighted by molar-refractivity contribution is 7.91. The first kappa shape index (κ1) is 18.3. The lowest BCUT2D eigenvalue weighted by Crippen LogP contribution is -2.31. The molecule has 2 unspecified atom stereocenters. The van der Waals surface area contributed by atoms with Crippen LogP contribution < -0.4 is 4.90 Å². The van der Waals surface area contributed by atoms with E-state index in [1.165, 1.54) is 4.68 Å². The molecule has 10 heteroatoms. The molecule has 1 aliphatic carbocycles. The largest absolute Gasteiger partial charge is 0.342 e. The fourth-order valence-electron chi connectivity index (χ4n) is 3.98. The SMILES string of the molecule is CN(CC1CCS(=O)(=O)C1)c1nnnn1CC1(c2ccccc2)CC1(F)F. The van der Waals surface area contributed by atoms with E-state index in [-0.39, 0.29) is 30.4 Å². The molecule has 0 radical (unpaired) electrons. The maximum absolute atomic E-state index is 14.3. The zero-order chi connectivity index (χ0) is 19.3. The number of hydrogen-bond acceptors (Lipinski definition) is 6. The summed E-state index contributed by atoms with van der Waals surface area (Å²) in [4.78, 5) is 1.75. The number of halogens is 2. The van der Waals surface area contributed by atoms with Crippen molar-refractivity contribution in [2.24, 2.45) is 5.92 Å². The number of rotatable bonds is 6. The van der Waals surface area contributed by atoms with Gasteiger partial charge in [0.15, 0.2) is 9.84 Å². The van der Waals surface area contributed by atoms with Crippen molar-refractivity contribution in [3.05, 3.63) is 35.9 Å². The summed E-state index contributed by atoms with van der Waals surface area (Å²) in [5, 5.41) is 11.6. The molecule has 0 amide bonds. The number of nitrogens with zero attached hydrogens (tertiary/aromatic N) is 5. The maximum Gasteiger partial charge on any atom is 0.260 e. The number of alkyl halides is 2. The molecule has 0 N–H and O–H groups in total. The number of hydrogen-bond donors (Lipinski definition) is 0. The lowest BCUT2D eigenvalue weighted by atomic mass is 9.95. The van der Waals surface area contributed by atoms with Gasteiger partial charge in [0.05, 0.1) is 23.5 Å². The Bertz CT molecular complexity index is 934. The summed E-state index contributed by atoms with van der Waals surface area (Å²) in [6, 6.07) is 8.71. The van der Waals surface area contributed by atoms with E-state index in [0.29, 0.717) is 24.5 Å². The lowest BCUT2D eigenvalue weighted by Gasteiger charge is -2.23. The second-order valence-corrected chi connectivity index (χ2v) is 9.84. The molecule has 7 nitrogen and oxygen atoms in total. The zero-order valence-electron chi connectivity index (χ0n) is 14.9. The molecule has 2 aromatic rings. The van der Waals surface area contributed by atoms with Crippen LogP contribution >= 0.6 is 0 Å². The fraction of sp³-hybridized carbons (Fsp3) is 0.588. The van der Waals surface area contributed by atoms with Crippen LogP contribution in [-0.4, -0.2) is 59.6 Å². The van der Waals surface area contributed by atoms with E-state index in [2.05, 4.69) is 15.5 Å². The van der Waals surface area contributed by atoms with Crippen LogP contribution in [0.4, 0.5) is 14.7 Å². The van der Waals surface area contributed by atoms with Gasteiger partial charge in [0.2, 0.25) is 5.95 Å². The Morgan fingerprint density at radius 3 is 2.59 bits per heavy atom. The predicted octanol–water partition coefficient (Wildman–Crippen LogP) is 1.52. The Labute approximate surface area is 156 Å². The van der Waals surface area contributed by atoms with E-state index in [1.807, 2.05) is 0 Å². The van der Waals surface area contributed by atoms with E-state index in [0.717, 1.165) is 0 Å². The normalized spacial score (nSPS) is 28.2. The van der Waals surface area contributed by atoms with Gasteiger partial charge < -0.3 is 4.90 Å². The van der Waals surface area contributed by atoms with Crippen molar-refractivity contribution in [2.45, 2.75) is 30.7 Å². The van der Waals surface area contributed by atoms with E-state index >= 15 is 0 Å². The molecule has 2 heterocycles. The Morgan fingerprint density at radius 2 is 2.00 bits per heavy atom. The molecule has 27 heavy (non-hydrogen) atoms. The van der Waals surface area contributed by atoms with Crippen molar-refractivity contribution in [1.82, 2.24) is 20.2 Å². The van der Waals surface area contributed by atoms with Crippen molar-refractivity contribution in [3.63, 3.8) is 0 Å². The first-order chi connectivity index (χ1) is 12.7. The summed E-state index contributed by atoms with van der Waals surface area (Å²) < 4.78 is 53.3. The lowest BCUT2D eigenvalue weighted by molar-refractivity contribution is 0.0816. The maximum atomic E-state index is 14.3. The number of tetrazole rings is 1. The molecule has 2 aliphatic rings. The summed E-state index contributed by atoms with van der Waals surface area (Å²) in [6.45, 7) is 0.438. The van der Waals surface area contributed by atoms with Crippen molar-refractivity contribution in [3.8, 4) is 0 Å². The van der Waals surface area contributed by atoms with Crippen LogP contribution in [0.2, 0.25) is 0 Å². The summed E-state index contributed by atoms with van der Waals surface area (Å²) >= 11 is 0. The second kappa shape index (κ2) is 6.22. The standard InChI is InChI=1S/C17H21F2N5O2S/c1-23(9-13-7-8-27(25,26)10-13)15-20-21-22-24(15)12-16(11-17(16,18)19)14-5-3-2-4-6-14/h2-6,13H,7-12H2,1H3. The Balaban J connectivity index is 1.54. The van der Waals surface area contributed by atoms with Crippen LogP contribution in [0.5, 0.6) is 0 Å². The number of sulfone groups is 1. The third kappa shape index (κ3) is 3.30. The average Bonchev–Trinajstić information content (AvgIpc) is 2.95. The summed E-state index contributed by atoms with van der Waals surface area (Å²) in [6.07, 6.45) is 0.355. The van der Waals surface area contributed by atoms with Gasteiger partial charge in [-0.15, -0.1) is 0 Å². The molecule has 0 bridgehead atoms.